The number of pyridine rings is 1. The molecular weight excluding hydrogens is 208 g/mol. The molecule has 82 valence electrons. The molecule has 16 heavy (non-hydrogen) atoms. The van der Waals surface area contributed by atoms with Gasteiger partial charge in [0.05, 0.1) is 6.61 Å². The molecule has 0 aliphatic rings. The molecule has 0 saturated heterocycles. The molecule has 5 nitrogen and oxygen atoms in total. The van der Waals surface area contributed by atoms with Crippen molar-refractivity contribution in [3.8, 4) is 11.3 Å². The molecule has 2 rings (SSSR count). The van der Waals surface area contributed by atoms with Crippen molar-refractivity contribution >= 4 is 5.97 Å². The molecule has 0 N–H and O–H groups in total. The van der Waals surface area contributed by atoms with Crippen molar-refractivity contribution in [1.82, 2.24) is 10.1 Å². The SMILES string of the molecule is CCOC(=O)c1cc(-c2ccncc2)on1. The molecule has 0 spiro atoms. The highest BCUT2D eigenvalue weighted by molar-refractivity contribution is 5.88. The minimum Gasteiger partial charge on any atom is -0.461 e. The van der Waals surface area contributed by atoms with E-state index in [4.69, 9.17) is 9.26 Å². The molecule has 5 heteroatoms. The Morgan fingerprint density at radius 2 is 2.19 bits per heavy atom. The number of carbonyl (C=O) groups is 1. The van der Waals surface area contributed by atoms with E-state index < -0.39 is 5.97 Å². The summed E-state index contributed by atoms with van der Waals surface area (Å²) < 4.78 is 9.84. The Bertz CT molecular complexity index is 479. The predicted molar refractivity (Wildman–Crippen MR) is 55.7 cm³/mol. The van der Waals surface area contributed by atoms with Gasteiger partial charge in [0, 0.05) is 24.0 Å². The van der Waals surface area contributed by atoms with Gasteiger partial charge in [-0.2, -0.15) is 0 Å². The van der Waals surface area contributed by atoms with Gasteiger partial charge in [-0.25, -0.2) is 4.79 Å². The second-order valence-corrected chi connectivity index (χ2v) is 3.03. The first-order chi connectivity index (χ1) is 7.81. The van der Waals surface area contributed by atoms with Gasteiger partial charge >= 0.3 is 5.97 Å². The summed E-state index contributed by atoms with van der Waals surface area (Å²) in [5, 5.41) is 3.64. The lowest BCUT2D eigenvalue weighted by molar-refractivity contribution is 0.0514. The summed E-state index contributed by atoms with van der Waals surface area (Å²) in [6.07, 6.45) is 3.28. The molecule has 0 aliphatic heterocycles. The maximum Gasteiger partial charge on any atom is 0.360 e. The van der Waals surface area contributed by atoms with Crippen molar-refractivity contribution in [1.29, 1.82) is 0 Å². The summed E-state index contributed by atoms with van der Waals surface area (Å²) in [4.78, 5) is 15.2. The summed E-state index contributed by atoms with van der Waals surface area (Å²) >= 11 is 0. The molecule has 2 aromatic rings. The van der Waals surface area contributed by atoms with Crippen molar-refractivity contribution in [2.75, 3.05) is 6.61 Å². The second kappa shape index (κ2) is 4.57. The second-order valence-electron chi connectivity index (χ2n) is 3.03. The Balaban J connectivity index is 2.23. The van der Waals surface area contributed by atoms with Crippen LogP contribution in [0.5, 0.6) is 0 Å². The van der Waals surface area contributed by atoms with Gasteiger partial charge in [0.1, 0.15) is 0 Å². The lowest BCUT2D eigenvalue weighted by Crippen LogP contribution is -2.04. The minimum atomic E-state index is -0.480. The summed E-state index contributed by atoms with van der Waals surface area (Å²) in [7, 11) is 0. The fourth-order valence-electron chi connectivity index (χ4n) is 1.23. The fraction of sp³-hybridized carbons (Fsp3) is 0.182. The number of hydrogen-bond donors (Lipinski definition) is 0. The molecule has 0 bridgehead atoms. The summed E-state index contributed by atoms with van der Waals surface area (Å²) in [5.41, 5.74) is 0.992. The van der Waals surface area contributed by atoms with Crippen LogP contribution in [0.4, 0.5) is 0 Å². The molecule has 0 saturated carbocycles. The molecule has 0 unspecified atom stereocenters. The van der Waals surface area contributed by atoms with Crippen molar-refractivity contribution in [2.24, 2.45) is 0 Å². The van der Waals surface area contributed by atoms with Crippen LogP contribution in [0.15, 0.2) is 35.1 Å². The van der Waals surface area contributed by atoms with Crippen molar-refractivity contribution in [3.63, 3.8) is 0 Å². The number of aromatic nitrogens is 2. The van der Waals surface area contributed by atoms with E-state index in [-0.39, 0.29) is 5.69 Å². The molecule has 0 fully saturated rings. The van der Waals surface area contributed by atoms with E-state index in [1.807, 2.05) is 0 Å². The Hall–Kier alpha value is -2.17. The molecule has 0 amide bonds. The normalized spacial score (nSPS) is 10.1. The van der Waals surface area contributed by atoms with E-state index in [1.165, 1.54) is 0 Å². The summed E-state index contributed by atoms with van der Waals surface area (Å²) in [6, 6.07) is 5.10. The molecular formula is C11H10N2O3. The van der Waals surface area contributed by atoms with Crippen LogP contribution >= 0.6 is 0 Å². The van der Waals surface area contributed by atoms with E-state index >= 15 is 0 Å². The van der Waals surface area contributed by atoms with Gasteiger partial charge in [0.2, 0.25) is 0 Å². The van der Waals surface area contributed by atoms with E-state index in [0.29, 0.717) is 12.4 Å². The third-order valence-corrected chi connectivity index (χ3v) is 1.96. The molecule has 0 aliphatic carbocycles. The number of rotatable bonds is 3. The number of carbonyl (C=O) groups excluding carboxylic acids is 1. The Labute approximate surface area is 92.0 Å². The first-order valence-corrected chi connectivity index (χ1v) is 4.85. The van der Waals surface area contributed by atoms with Gasteiger partial charge in [0.25, 0.3) is 0 Å². The van der Waals surface area contributed by atoms with Crippen LogP contribution in [0.1, 0.15) is 17.4 Å². The van der Waals surface area contributed by atoms with Crippen LogP contribution in [0.2, 0.25) is 0 Å². The first kappa shape index (κ1) is 10.4. The predicted octanol–water partition coefficient (Wildman–Crippen LogP) is 1.91. The highest BCUT2D eigenvalue weighted by Gasteiger charge is 2.14. The fourth-order valence-corrected chi connectivity index (χ4v) is 1.23. The average molecular weight is 218 g/mol. The van der Waals surface area contributed by atoms with Crippen LogP contribution in [0.25, 0.3) is 11.3 Å². The minimum absolute atomic E-state index is 0.175. The lowest BCUT2D eigenvalue weighted by atomic mass is 10.2. The lowest BCUT2D eigenvalue weighted by Gasteiger charge is -1.94. The number of ether oxygens (including phenoxy) is 1. The number of hydrogen-bond acceptors (Lipinski definition) is 5. The quantitative estimate of drug-likeness (QED) is 0.736. The highest BCUT2D eigenvalue weighted by atomic mass is 16.5. The van der Waals surface area contributed by atoms with Crippen LogP contribution in [0, 0.1) is 0 Å². The Morgan fingerprint density at radius 3 is 2.88 bits per heavy atom. The first-order valence-electron chi connectivity index (χ1n) is 4.85. The summed E-state index contributed by atoms with van der Waals surface area (Å²) in [5.74, 6) is 0.0389. The third kappa shape index (κ3) is 2.08. The van der Waals surface area contributed by atoms with E-state index in [1.54, 1.807) is 37.5 Å². The zero-order chi connectivity index (χ0) is 11.4. The van der Waals surface area contributed by atoms with Crippen LogP contribution in [-0.4, -0.2) is 22.7 Å². The number of esters is 1. The van der Waals surface area contributed by atoms with Gasteiger partial charge < -0.3 is 9.26 Å². The maximum absolute atomic E-state index is 11.3. The van der Waals surface area contributed by atoms with Crippen molar-refractivity contribution < 1.29 is 14.1 Å². The van der Waals surface area contributed by atoms with Crippen LogP contribution in [-0.2, 0) is 4.74 Å². The van der Waals surface area contributed by atoms with Crippen LogP contribution in [0.3, 0.4) is 0 Å². The number of nitrogens with zero attached hydrogens (tertiary/aromatic N) is 2. The van der Waals surface area contributed by atoms with Gasteiger partial charge in [0.15, 0.2) is 11.5 Å². The van der Waals surface area contributed by atoms with E-state index in [2.05, 4.69) is 10.1 Å². The highest BCUT2D eigenvalue weighted by Crippen LogP contribution is 2.19. The van der Waals surface area contributed by atoms with Crippen molar-refractivity contribution in [3.05, 3.63) is 36.3 Å². The third-order valence-electron chi connectivity index (χ3n) is 1.96. The zero-order valence-corrected chi connectivity index (χ0v) is 8.71. The van der Waals surface area contributed by atoms with E-state index in [0.717, 1.165) is 5.56 Å². The molecule has 2 heterocycles. The topological polar surface area (TPSA) is 65.2 Å². The summed E-state index contributed by atoms with van der Waals surface area (Å²) in [6.45, 7) is 2.05. The van der Waals surface area contributed by atoms with Gasteiger partial charge in [-0.1, -0.05) is 5.16 Å². The average Bonchev–Trinajstić information content (AvgIpc) is 2.80. The standard InChI is InChI=1S/C11H10N2O3/c1-2-15-11(14)9-7-10(16-13-9)8-3-5-12-6-4-8/h3-7H,2H2,1H3. The van der Waals surface area contributed by atoms with E-state index in [9.17, 15) is 4.79 Å². The molecule has 0 atom stereocenters. The maximum atomic E-state index is 11.3. The van der Waals surface area contributed by atoms with Gasteiger partial charge in [-0.05, 0) is 19.1 Å². The molecule has 0 radical (unpaired) electrons. The Morgan fingerprint density at radius 1 is 1.44 bits per heavy atom. The smallest absolute Gasteiger partial charge is 0.360 e. The zero-order valence-electron chi connectivity index (χ0n) is 8.71. The molecule has 0 aromatic carbocycles. The Kier molecular flexibility index (Phi) is 2.95. The largest absolute Gasteiger partial charge is 0.461 e. The van der Waals surface area contributed by atoms with Gasteiger partial charge in [-0.3, -0.25) is 4.98 Å². The monoisotopic (exact) mass is 218 g/mol. The van der Waals surface area contributed by atoms with Crippen molar-refractivity contribution in [2.45, 2.75) is 6.92 Å². The van der Waals surface area contributed by atoms with Crippen LogP contribution < -0.4 is 0 Å². The molecule has 2 aromatic heterocycles. The van der Waals surface area contributed by atoms with Gasteiger partial charge in [-0.15, -0.1) is 0 Å².